The minimum Gasteiger partial charge on any atom is -0.484 e. The van der Waals surface area contributed by atoms with Crippen molar-refractivity contribution in [3.63, 3.8) is 0 Å². The molecule has 1 spiro atoms. The monoisotopic (exact) mass is 829 g/mol. The van der Waals surface area contributed by atoms with Gasteiger partial charge in [-0.15, -0.1) is 0 Å². The van der Waals surface area contributed by atoms with Gasteiger partial charge < -0.3 is 9.64 Å². The average Bonchev–Trinajstić information content (AvgIpc) is 3.67. The number of hydrogen-bond acceptors (Lipinski definition) is 2. The molecule has 0 fully saturated rings. The molecule has 3 atom stereocenters. The predicted octanol–water partition coefficient (Wildman–Crippen LogP) is 16.4. The molecule has 1 heterocycles. The molecule has 2 heteroatoms. The first-order valence-corrected chi connectivity index (χ1v) is 22.6. The Bertz CT molecular complexity index is 3450. The molecule has 1 aliphatic heterocycles. The van der Waals surface area contributed by atoms with Crippen LogP contribution in [0.2, 0.25) is 0 Å². The molecule has 3 aliphatic rings. The summed E-state index contributed by atoms with van der Waals surface area (Å²) in [5.41, 5.74) is 19.1. The molecule has 0 bridgehead atoms. The van der Waals surface area contributed by atoms with Crippen LogP contribution in [0.1, 0.15) is 33.9 Å². The molecule has 10 aromatic rings. The SMILES string of the molecule is C1=CC2C(Oc3c(ccc4ccccc34)C23c2ccccc2-c2cc(-c4ccc(N(c5ccccc5)c5ccc(-c6ccc(-c7ccccc7)cc6)cc5)cc4)ccc23)c2ccccc21. The van der Waals surface area contributed by atoms with Crippen molar-refractivity contribution in [1.29, 1.82) is 0 Å². The fourth-order valence-electron chi connectivity index (χ4n) is 11.2. The fourth-order valence-corrected chi connectivity index (χ4v) is 11.2. The number of para-hydroxylation sites is 1. The van der Waals surface area contributed by atoms with Gasteiger partial charge >= 0.3 is 0 Å². The molecule has 2 aliphatic carbocycles. The van der Waals surface area contributed by atoms with Gasteiger partial charge in [0, 0.05) is 39.5 Å². The molecule has 0 amide bonds. The van der Waals surface area contributed by atoms with E-state index in [9.17, 15) is 0 Å². The van der Waals surface area contributed by atoms with Gasteiger partial charge in [0.2, 0.25) is 0 Å². The highest BCUT2D eigenvalue weighted by Crippen LogP contribution is 2.65. The highest BCUT2D eigenvalue weighted by Gasteiger charge is 2.57. The van der Waals surface area contributed by atoms with Gasteiger partial charge in [-0.25, -0.2) is 0 Å². The standard InChI is InChI=1S/C63H43NO/c1-3-13-42(14-4-1)43-23-25-44(26-24-43)45-27-34-51(35-28-45)64(50-17-5-2-6-18-50)52-36-29-46(30-37-52)49-33-38-58-56(41-49)55-21-11-12-22-57(55)63(58)59-39-31-47-15-7-9-19-53(47)61(59)65-62-54-20-10-8-16-48(54)32-40-60(62)63/h1-41,59,61H. The van der Waals surface area contributed by atoms with Crippen LogP contribution in [0.5, 0.6) is 5.75 Å². The Kier molecular flexibility index (Phi) is 8.60. The van der Waals surface area contributed by atoms with Crippen LogP contribution >= 0.6 is 0 Å². The Balaban J connectivity index is 0.884. The molecule has 306 valence electrons. The van der Waals surface area contributed by atoms with Crippen molar-refractivity contribution in [2.24, 2.45) is 5.92 Å². The van der Waals surface area contributed by atoms with Crippen LogP contribution < -0.4 is 9.64 Å². The van der Waals surface area contributed by atoms with Crippen LogP contribution in [0, 0.1) is 5.92 Å². The summed E-state index contributed by atoms with van der Waals surface area (Å²) in [7, 11) is 0. The van der Waals surface area contributed by atoms with Crippen LogP contribution in [0.4, 0.5) is 17.1 Å². The Morgan fingerprint density at radius 1 is 0.385 bits per heavy atom. The van der Waals surface area contributed by atoms with Crippen molar-refractivity contribution in [3.8, 4) is 50.3 Å². The Morgan fingerprint density at radius 2 is 0.908 bits per heavy atom. The van der Waals surface area contributed by atoms with Crippen molar-refractivity contribution >= 4 is 33.9 Å². The van der Waals surface area contributed by atoms with E-state index in [1.807, 2.05) is 0 Å². The number of hydrogen-bond donors (Lipinski definition) is 0. The second-order valence-corrected chi connectivity index (χ2v) is 17.5. The molecule has 0 aromatic heterocycles. The van der Waals surface area contributed by atoms with E-state index in [-0.39, 0.29) is 12.0 Å². The maximum Gasteiger partial charge on any atom is 0.132 e. The predicted molar refractivity (Wildman–Crippen MR) is 269 cm³/mol. The summed E-state index contributed by atoms with van der Waals surface area (Å²) in [6.07, 6.45) is 4.61. The smallest absolute Gasteiger partial charge is 0.132 e. The summed E-state index contributed by atoms with van der Waals surface area (Å²) in [5.74, 6) is 1.05. The highest BCUT2D eigenvalue weighted by molar-refractivity contribution is 5.95. The van der Waals surface area contributed by atoms with Gasteiger partial charge in [-0.3, -0.25) is 0 Å². The molecular formula is C63H43NO. The Labute approximate surface area is 380 Å². The van der Waals surface area contributed by atoms with Gasteiger partial charge in [0.1, 0.15) is 11.9 Å². The van der Waals surface area contributed by atoms with Gasteiger partial charge in [-0.1, -0.05) is 206 Å². The van der Waals surface area contributed by atoms with E-state index in [0.717, 1.165) is 28.2 Å². The van der Waals surface area contributed by atoms with Crippen LogP contribution in [0.3, 0.4) is 0 Å². The maximum atomic E-state index is 7.27. The third-order valence-electron chi connectivity index (χ3n) is 14.2. The van der Waals surface area contributed by atoms with Gasteiger partial charge in [-0.2, -0.15) is 0 Å². The van der Waals surface area contributed by atoms with Gasteiger partial charge in [-0.05, 0) is 109 Å². The normalized spacial score (nSPS) is 17.4. The summed E-state index contributed by atoms with van der Waals surface area (Å²) < 4.78 is 7.27. The first-order valence-electron chi connectivity index (χ1n) is 22.6. The van der Waals surface area contributed by atoms with Crippen LogP contribution in [-0.4, -0.2) is 0 Å². The van der Waals surface area contributed by atoms with Crippen LogP contribution in [-0.2, 0) is 5.41 Å². The summed E-state index contributed by atoms with van der Waals surface area (Å²) >= 11 is 0. The van der Waals surface area contributed by atoms with E-state index in [0.29, 0.717) is 0 Å². The number of nitrogens with zero attached hydrogens (tertiary/aromatic N) is 1. The third kappa shape index (κ3) is 5.88. The molecule has 2 nitrogen and oxygen atoms in total. The van der Waals surface area contributed by atoms with E-state index in [1.54, 1.807) is 0 Å². The van der Waals surface area contributed by atoms with E-state index in [4.69, 9.17) is 4.74 Å². The minimum absolute atomic E-state index is 0.0526. The molecule has 3 unspecified atom stereocenters. The maximum absolute atomic E-state index is 7.27. The molecule has 65 heavy (non-hydrogen) atoms. The van der Waals surface area contributed by atoms with E-state index < -0.39 is 5.41 Å². The fraction of sp³-hybridized carbons (Fsp3) is 0.0476. The molecular weight excluding hydrogens is 787 g/mol. The van der Waals surface area contributed by atoms with Gasteiger partial charge in [0.15, 0.2) is 0 Å². The number of rotatable bonds is 6. The highest BCUT2D eigenvalue weighted by atomic mass is 16.5. The third-order valence-corrected chi connectivity index (χ3v) is 14.2. The molecule has 0 saturated heterocycles. The number of ether oxygens (including phenoxy) is 1. The van der Waals surface area contributed by atoms with Crippen molar-refractivity contribution in [2.45, 2.75) is 11.5 Å². The molecule has 0 N–H and O–H groups in total. The largest absolute Gasteiger partial charge is 0.484 e. The second kappa shape index (κ2) is 15.0. The lowest BCUT2D eigenvalue weighted by atomic mass is 9.58. The van der Waals surface area contributed by atoms with Crippen molar-refractivity contribution in [2.75, 3.05) is 4.90 Å². The summed E-state index contributed by atoms with van der Waals surface area (Å²) in [6, 6.07) is 86.4. The van der Waals surface area contributed by atoms with Crippen LogP contribution in [0.25, 0.3) is 61.4 Å². The molecule has 13 rings (SSSR count). The summed E-state index contributed by atoms with van der Waals surface area (Å²) in [6.45, 7) is 0. The number of benzene rings is 10. The van der Waals surface area contributed by atoms with E-state index in [1.165, 1.54) is 77.7 Å². The quantitative estimate of drug-likeness (QED) is 0.166. The average molecular weight is 830 g/mol. The summed E-state index contributed by atoms with van der Waals surface area (Å²) in [5, 5.41) is 2.35. The first-order chi connectivity index (χ1) is 32.2. The molecule has 0 radical (unpaired) electrons. The zero-order chi connectivity index (χ0) is 42.9. The number of anilines is 3. The lowest BCUT2D eigenvalue weighted by molar-refractivity contribution is 0.105. The van der Waals surface area contributed by atoms with Crippen molar-refractivity contribution in [1.82, 2.24) is 0 Å². The van der Waals surface area contributed by atoms with Crippen LogP contribution in [0.15, 0.2) is 243 Å². The zero-order valence-electron chi connectivity index (χ0n) is 35.7. The molecule has 10 aromatic carbocycles. The Morgan fingerprint density at radius 3 is 1.65 bits per heavy atom. The van der Waals surface area contributed by atoms with Crippen molar-refractivity contribution in [3.05, 3.63) is 270 Å². The van der Waals surface area contributed by atoms with Crippen molar-refractivity contribution < 1.29 is 4.74 Å². The Hall–Kier alpha value is -8.20. The lowest BCUT2D eigenvalue weighted by Gasteiger charge is -2.49. The van der Waals surface area contributed by atoms with Gasteiger partial charge in [0.25, 0.3) is 0 Å². The zero-order valence-corrected chi connectivity index (χ0v) is 35.7. The lowest BCUT2D eigenvalue weighted by Crippen LogP contribution is -2.45. The minimum atomic E-state index is -0.446. The molecule has 0 saturated carbocycles. The number of fused-ring (bicyclic) bond motifs is 13. The van der Waals surface area contributed by atoms with E-state index in [2.05, 4.69) is 254 Å². The summed E-state index contributed by atoms with van der Waals surface area (Å²) in [4.78, 5) is 2.34. The van der Waals surface area contributed by atoms with E-state index >= 15 is 0 Å². The first kappa shape index (κ1) is 37.4. The topological polar surface area (TPSA) is 12.5 Å². The second-order valence-electron chi connectivity index (χ2n) is 17.5. The van der Waals surface area contributed by atoms with Gasteiger partial charge in [0.05, 0.1) is 5.41 Å².